The zero-order chi connectivity index (χ0) is 20.7. The van der Waals surface area contributed by atoms with Gasteiger partial charge < -0.3 is 15.6 Å². The normalized spacial score (nSPS) is 11.2. The molecule has 3 N–H and O–H groups in total. The number of rotatable bonds is 5. The molecule has 0 saturated heterocycles. The van der Waals surface area contributed by atoms with E-state index in [1.54, 1.807) is 18.3 Å². The Bertz CT molecular complexity index is 1420. The molecule has 0 aliphatic heterocycles. The Morgan fingerprint density at radius 3 is 2.53 bits per heavy atom. The molecule has 0 fully saturated rings. The zero-order valence-corrected chi connectivity index (χ0v) is 16.3. The van der Waals surface area contributed by atoms with Gasteiger partial charge in [0.25, 0.3) is 5.69 Å². The Hall–Kier alpha value is -4.13. The van der Waals surface area contributed by atoms with E-state index in [0.717, 1.165) is 49.5 Å². The summed E-state index contributed by atoms with van der Waals surface area (Å²) in [6.45, 7) is 0.588. The van der Waals surface area contributed by atoms with Crippen molar-refractivity contribution in [3.63, 3.8) is 0 Å². The first kappa shape index (κ1) is 17.9. The molecular formula is C23H19N5O2. The summed E-state index contributed by atoms with van der Waals surface area (Å²) < 4.78 is 0. The third-order valence-corrected chi connectivity index (χ3v) is 5.46. The van der Waals surface area contributed by atoms with Gasteiger partial charge in [0.05, 0.1) is 16.3 Å². The van der Waals surface area contributed by atoms with Crippen molar-refractivity contribution in [1.82, 2.24) is 9.97 Å². The van der Waals surface area contributed by atoms with E-state index in [2.05, 4.69) is 26.7 Å². The van der Waals surface area contributed by atoms with Gasteiger partial charge in [-0.25, -0.2) is 4.98 Å². The highest BCUT2D eigenvalue weighted by molar-refractivity contribution is 6.20. The molecule has 30 heavy (non-hydrogen) atoms. The van der Waals surface area contributed by atoms with E-state index < -0.39 is 0 Å². The minimum Gasteiger partial charge on any atom is -0.386 e. The molecule has 0 aliphatic rings. The van der Waals surface area contributed by atoms with Gasteiger partial charge in [-0.15, -0.1) is 0 Å². The van der Waals surface area contributed by atoms with E-state index in [1.165, 1.54) is 0 Å². The van der Waals surface area contributed by atoms with Crippen LogP contribution < -0.4 is 10.6 Å². The molecule has 2 aromatic heterocycles. The van der Waals surface area contributed by atoms with E-state index in [9.17, 15) is 10.1 Å². The maximum absolute atomic E-state index is 11.4. The third kappa shape index (κ3) is 2.79. The van der Waals surface area contributed by atoms with Crippen molar-refractivity contribution < 1.29 is 4.92 Å². The lowest BCUT2D eigenvalue weighted by atomic mass is 9.97. The lowest BCUT2D eigenvalue weighted by molar-refractivity contribution is -0.384. The minimum absolute atomic E-state index is 0.0722. The molecule has 148 valence electrons. The predicted molar refractivity (Wildman–Crippen MR) is 121 cm³/mol. The summed E-state index contributed by atoms with van der Waals surface area (Å²) in [5.41, 5.74) is 3.78. The number of hydrogen-bond acceptors (Lipinski definition) is 5. The van der Waals surface area contributed by atoms with Gasteiger partial charge in [-0.05, 0) is 34.5 Å². The zero-order valence-electron chi connectivity index (χ0n) is 16.3. The Morgan fingerprint density at radius 2 is 1.73 bits per heavy atom. The van der Waals surface area contributed by atoms with Crippen molar-refractivity contribution in [3.05, 3.63) is 82.7 Å². The summed E-state index contributed by atoms with van der Waals surface area (Å²) in [4.78, 5) is 18.5. The molecule has 0 aliphatic carbocycles. The van der Waals surface area contributed by atoms with Crippen LogP contribution in [0.3, 0.4) is 0 Å². The maximum Gasteiger partial charge on any atom is 0.270 e. The largest absolute Gasteiger partial charge is 0.386 e. The molecule has 7 nitrogen and oxygen atoms in total. The predicted octanol–water partition coefficient (Wildman–Crippen LogP) is 5.43. The smallest absolute Gasteiger partial charge is 0.270 e. The number of aromatic nitrogens is 2. The highest BCUT2D eigenvalue weighted by atomic mass is 16.6. The van der Waals surface area contributed by atoms with Crippen LogP contribution in [0, 0.1) is 10.1 Å². The first-order valence-electron chi connectivity index (χ1n) is 9.63. The van der Waals surface area contributed by atoms with Crippen LogP contribution in [0.4, 0.5) is 17.1 Å². The number of non-ortho nitro benzene ring substituents is 1. The fourth-order valence-corrected chi connectivity index (χ4v) is 4.08. The van der Waals surface area contributed by atoms with E-state index in [1.807, 2.05) is 49.6 Å². The van der Waals surface area contributed by atoms with Gasteiger partial charge in [0.15, 0.2) is 0 Å². The third-order valence-electron chi connectivity index (χ3n) is 5.46. The number of nitro benzene ring substituents is 1. The number of anilines is 2. The average molecular weight is 397 g/mol. The molecule has 0 saturated carbocycles. The molecule has 0 amide bonds. The number of nitro groups is 1. The lowest BCUT2D eigenvalue weighted by Crippen LogP contribution is -2.04. The minimum atomic E-state index is -0.361. The molecule has 3 aromatic carbocycles. The molecule has 5 rings (SSSR count). The second kappa shape index (κ2) is 7.04. The number of benzene rings is 3. The second-order valence-corrected chi connectivity index (χ2v) is 7.10. The van der Waals surface area contributed by atoms with Gasteiger partial charge in [-0.1, -0.05) is 24.3 Å². The Balaban J connectivity index is 1.69. The van der Waals surface area contributed by atoms with Gasteiger partial charge in [-0.3, -0.25) is 10.1 Å². The molecule has 0 unspecified atom stereocenters. The van der Waals surface area contributed by atoms with Crippen LogP contribution in [0.2, 0.25) is 0 Å². The fourth-order valence-electron chi connectivity index (χ4n) is 4.08. The Kier molecular flexibility index (Phi) is 4.21. The average Bonchev–Trinajstić information content (AvgIpc) is 3.20. The molecule has 7 heteroatoms. The molecule has 2 heterocycles. The van der Waals surface area contributed by atoms with Gasteiger partial charge in [0, 0.05) is 54.3 Å². The summed E-state index contributed by atoms with van der Waals surface area (Å²) in [6.07, 6.45) is 3.72. The van der Waals surface area contributed by atoms with Gasteiger partial charge >= 0.3 is 0 Å². The summed E-state index contributed by atoms with van der Waals surface area (Å²) in [6, 6.07) is 17.1. The number of pyridine rings is 1. The molecule has 0 atom stereocenters. The monoisotopic (exact) mass is 397 g/mol. The number of H-pyrrole nitrogens is 1. The molecule has 0 bridgehead atoms. The van der Waals surface area contributed by atoms with Crippen molar-refractivity contribution >= 4 is 49.6 Å². The van der Waals surface area contributed by atoms with Crippen molar-refractivity contribution in [3.8, 4) is 0 Å². The van der Waals surface area contributed by atoms with E-state index in [0.29, 0.717) is 6.54 Å². The topological polar surface area (TPSA) is 95.9 Å². The van der Waals surface area contributed by atoms with Crippen LogP contribution in [0.1, 0.15) is 5.56 Å². The molecule has 0 spiro atoms. The quantitative estimate of drug-likeness (QED) is 0.159. The summed E-state index contributed by atoms with van der Waals surface area (Å²) >= 11 is 0. The highest BCUT2D eigenvalue weighted by Crippen LogP contribution is 2.41. The lowest BCUT2D eigenvalue weighted by Gasteiger charge is -2.18. The Morgan fingerprint density at radius 1 is 0.967 bits per heavy atom. The van der Waals surface area contributed by atoms with Crippen molar-refractivity contribution in [2.75, 3.05) is 17.7 Å². The van der Waals surface area contributed by atoms with Gasteiger partial charge in [0.2, 0.25) is 0 Å². The highest BCUT2D eigenvalue weighted by Gasteiger charge is 2.17. The van der Waals surface area contributed by atoms with Gasteiger partial charge in [0.1, 0.15) is 5.65 Å². The standard InChI is InChI=1S/C23H19N5O2/c1-24-21-20-11-15(28(29)30)8-9-18(20)17-5-2-3-6-19(17)22(21)26-12-14-13-27-23-16(14)7-4-10-25-23/h2-11,13,24,26H,12H2,1H3,(H,25,27). The first-order chi connectivity index (χ1) is 14.7. The van der Waals surface area contributed by atoms with Crippen LogP contribution in [-0.4, -0.2) is 21.9 Å². The van der Waals surface area contributed by atoms with Crippen molar-refractivity contribution in [2.24, 2.45) is 0 Å². The summed E-state index contributed by atoms with van der Waals surface area (Å²) in [5.74, 6) is 0. The van der Waals surface area contributed by atoms with Gasteiger partial charge in [-0.2, -0.15) is 0 Å². The summed E-state index contributed by atoms with van der Waals surface area (Å²) in [7, 11) is 1.84. The van der Waals surface area contributed by atoms with Crippen molar-refractivity contribution in [1.29, 1.82) is 0 Å². The Labute approximate surface area is 171 Å². The number of nitrogens with zero attached hydrogens (tertiary/aromatic N) is 2. The van der Waals surface area contributed by atoms with Crippen LogP contribution >= 0.6 is 0 Å². The van der Waals surface area contributed by atoms with Crippen LogP contribution in [-0.2, 0) is 6.54 Å². The van der Waals surface area contributed by atoms with E-state index >= 15 is 0 Å². The van der Waals surface area contributed by atoms with E-state index in [-0.39, 0.29) is 10.6 Å². The van der Waals surface area contributed by atoms with Crippen molar-refractivity contribution in [2.45, 2.75) is 6.54 Å². The second-order valence-electron chi connectivity index (χ2n) is 7.10. The number of fused-ring (bicyclic) bond motifs is 4. The molecule has 0 radical (unpaired) electrons. The number of aromatic amines is 1. The first-order valence-corrected chi connectivity index (χ1v) is 9.63. The van der Waals surface area contributed by atoms with Crippen LogP contribution in [0.15, 0.2) is 67.0 Å². The SMILES string of the molecule is CNc1c(NCc2c[nH]c3ncccc23)c2ccccc2c2ccc([N+](=O)[O-])cc12. The number of nitrogens with one attached hydrogen (secondary N) is 3. The van der Waals surface area contributed by atoms with Crippen LogP contribution in [0.25, 0.3) is 32.6 Å². The number of hydrogen-bond donors (Lipinski definition) is 3. The maximum atomic E-state index is 11.4. The fraction of sp³-hybridized carbons (Fsp3) is 0.0870. The summed E-state index contributed by atoms with van der Waals surface area (Å²) in [5, 5.41) is 23.1. The van der Waals surface area contributed by atoms with Crippen LogP contribution in [0.5, 0.6) is 0 Å². The molecule has 5 aromatic rings. The molecular weight excluding hydrogens is 378 g/mol. The van der Waals surface area contributed by atoms with E-state index in [4.69, 9.17) is 0 Å².